The molecular formula is C11H13N3O4S. The average Bonchev–Trinajstić information content (AvgIpc) is 2.53. The number of nitrogens with two attached hydrogens (primary N) is 1. The first-order valence-corrected chi connectivity index (χ1v) is 6.79. The van der Waals surface area contributed by atoms with Crippen LogP contribution in [0.3, 0.4) is 0 Å². The third-order valence-electron chi connectivity index (χ3n) is 2.98. The summed E-state index contributed by atoms with van der Waals surface area (Å²) in [7, 11) is -2.57. The Morgan fingerprint density at radius 3 is 2.11 bits per heavy atom. The molecule has 2 rings (SSSR count). The monoisotopic (exact) mass is 283 g/mol. The van der Waals surface area contributed by atoms with E-state index in [1.165, 1.54) is 28.9 Å². The fourth-order valence-electron chi connectivity index (χ4n) is 1.78. The fraction of sp³-hybridized carbons (Fsp3) is 0.182. The van der Waals surface area contributed by atoms with Crippen LogP contribution < -0.4 is 11.3 Å². The summed E-state index contributed by atoms with van der Waals surface area (Å²) in [6.45, 7) is 1.71. The molecule has 7 nitrogen and oxygen atoms in total. The van der Waals surface area contributed by atoms with Crippen molar-refractivity contribution < 1.29 is 13.0 Å². The van der Waals surface area contributed by atoms with Gasteiger partial charge in [0.15, 0.2) is 0 Å². The lowest BCUT2D eigenvalue weighted by molar-refractivity contribution is 0.483. The molecule has 0 aliphatic carbocycles. The molecule has 2 aromatic rings. The van der Waals surface area contributed by atoms with Gasteiger partial charge >= 0.3 is 0 Å². The van der Waals surface area contributed by atoms with Crippen LogP contribution in [-0.2, 0) is 17.2 Å². The number of anilines is 1. The van der Waals surface area contributed by atoms with E-state index in [1.54, 1.807) is 18.7 Å². The molecule has 0 fully saturated rings. The molecule has 0 unspecified atom stereocenters. The number of hydrogen-bond acceptors (Lipinski definition) is 4. The molecule has 0 atom stereocenters. The maximum absolute atomic E-state index is 11.9. The second-order valence-electron chi connectivity index (χ2n) is 4.11. The molecule has 1 aromatic heterocycles. The van der Waals surface area contributed by atoms with Crippen LogP contribution in [0.15, 0.2) is 34.0 Å². The van der Waals surface area contributed by atoms with E-state index in [0.717, 1.165) is 0 Å². The van der Waals surface area contributed by atoms with Gasteiger partial charge < -0.3 is 5.73 Å². The quantitative estimate of drug-likeness (QED) is 0.771. The van der Waals surface area contributed by atoms with Crippen molar-refractivity contribution in [3.05, 3.63) is 40.3 Å². The van der Waals surface area contributed by atoms with E-state index < -0.39 is 10.1 Å². The van der Waals surface area contributed by atoms with Gasteiger partial charge in [-0.2, -0.15) is 8.42 Å². The molecular weight excluding hydrogens is 270 g/mol. The summed E-state index contributed by atoms with van der Waals surface area (Å²) in [4.78, 5) is 11.7. The number of nitrogens with zero attached hydrogens (tertiary/aromatic N) is 2. The third kappa shape index (κ3) is 2.15. The fourth-order valence-corrected chi connectivity index (χ4v) is 2.26. The molecule has 0 spiro atoms. The molecule has 0 bridgehead atoms. The van der Waals surface area contributed by atoms with E-state index in [9.17, 15) is 13.2 Å². The SMILES string of the molecule is Cc1c(N)c(=O)n(-c2ccc(S(=O)(=O)O)cc2)n1C. The lowest BCUT2D eigenvalue weighted by Crippen LogP contribution is -2.20. The second-order valence-corrected chi connectivity index (χ2v) is 5.53. The maximum atomic E-state index is 11.9. The van der Waals surface area contributed by atoms with Crippen LogP contribution in [0.2, 0.25) is 0 Å². The first kappa shape index (κ1) is 13.4. The average molecular weight is 283 g/mol. The van der Waals surface area contributed by atoms with Gasteiger partial charge in [-0.25, -0.2) is 4.68 Å². The summed E-state index contributed by atoms with van der Waals surface area (Å²) in [5.41, 5.74) is 6.49. The predicted octanol–water partition coefficient (Wildman–Crippen LogP) is 0.313. The summed E-state index contributed by atoms with van der Waals surface area (Å²) in [5, 5.41) is 0. The van der Waals surface area contributed by atoms with Crippen molar-refractivity contribution in [1.82, 2.24) is 9.36 Å². The zero-order chi connectivity index (χ0) is 14.4. The molecule has 1 heterocycles. The number of hydrogen-bond donors (Lipinski definition) is 2. The highest BCUT2D eigenvalue weighted by atomic mass is 32.2. The summed E-state index contributed by atoms with van der Waals surface area (Å²) in [5.74, 6) is 0. The predicted molar refractivity (Wildman–Crippen MR) is 70.0 cm³/mol. The molecule has 102 valence electrons. The maximum Gasteiger partial charge on any atom is 0.294 e. The number of aromatic nitrogens is 2. The number of nitrogen functional groups attached to an aromatic ring is 1. The van der Waals surface area contributed by atoms with Gasteiger partial charge in [0.05, 0.1) is 16.3 Å². The van der Waals surface area contributed by atoms with E-state index >= 15 is 0 Å². The van der Waals surface area contributed by atoms with Crippen LogP contribution in [-0.4, -0.2) is 22.3 Å². The van der Waals surface area contributed by atoms with Crippen LogP contribution in [0.5, 0.6) is 0 Å². The molecule has 0 saturated heterocycles. The van der Waals surface area contributed by atoms with E-state index in [2.05, 4.69) is 0 Å². The third-order valence-corrected chi connectivity index (χ3v) is 3.85. The van der Waals surface area contributed by atoms with Crippen LogP contribution in [0.1, 0.15) is 5.69 Å². The Morgan fingerprint density at radius 2 is 1.74 bits per heavy atom. The molecule has 3 N–H and O–H groups in total. The highest BCUT2D eigenvalue weighted by Crippen LogP contribution is 2.14. The molecule has 0 aliphatic heterocycles. The molecule has 0 aliphatic rings. The molecule has 19 heavy (non-hydrogen) atoms. The molecule has 8 heteroatoms. The first-order chi connectivity index (χ1) is 8.73. The van der Waals surface area contributed by atoms with Crippen molar-refractivity contribution in [1.29, 1.82) is 0 Å². The highest BCUT2D eigenvalue weighted by molar-refractivity contribution is 7.85. The van der Waals surface area contributed by atoms with Crippen molar-refractivity contribution in [2.24, 2.45) is 7.05 Å². The number of benzene rings is 1. The summed E-state index contributed by atoms with van der Waals surface area (Å²) < 4.78 is 33.6. The zero-order valence-corrected chi connectivity index (χ0v) is 11.2. The van der Waals surface area contributed by atoms with Crippen LogP contribution in [0.4, 0.5) is 5.69 Å². The van der Waals surface area contributed by atoms with Crippen molar-refractivity contribution >= 4 is 15.8 Å². The van der Waals surface area contributed by atoms with Gasteiger partial charge in [0.2, 0.25) is 0 Å². The minimum absolute atomic E-state index is 0.140. The van der Waals surface area contributed by atoms with E-state index in [1.807, 2.05) is 0 Å². The van der Waals surface area contributed by atoms with Crippen molar-refractivity contribution in [2.75, 3.05) is 5.73 Å². The van der Waals surface area contributed by atoms with Crippen molar-refractivity contribution in [3.8, 4) is 5.69 Å². The molecule has 0 amide bonds. The van der Waals surface area contributed by atoms with E-state index in [4.69, 9.17) is 10.3 Å². The lowest BCUT2D eigenvalue weighted by atomic mass is 10.3. The van der Waals surface area contributed by atoms with E-state index in [0.29, 0.717) is 11.4 Å². The molecule has 0 radical (unpaired) electrons. The van der Waals surface area contributed by atoms with E-state index in [-0.39, 0.29) is 16.1 Å². The van der Waals surface area contributed by atoms with Gasteiger partial charge in [0.1, 0.15) is 5.69 Å². The Morgan fingerprint density at radius 1 is 1.21 bits per heavy atom. The van der Waals surface area contributed by atoms with Gasteiger partial charge in [-0.15, -0.1) is 0 Å². The normalized spacial score (nSPS) is 11.7. The van der Waals surface area contributed by atoms with Crippen molar-refractivity contribution in [2.45, 2.75) is 11.8 Å². The Balaban J connectivity index is 2.62. The topological polar surface area (TPSA) is 107 Å². The lowest BCUT2D eigenvalue weighted by Gasteiger charge is -2.08. The van der Waals surface area contributed by atoms with Crippen LogP contribution >= 0.6 is 0 Å². The Kier molecular flexibility index (Phi) is 2.99. The summed E-state index contributed by atoms with van der Waals surface area (Å²) >= 11 is 0. The minimum atomic E-state index is -4.24. The largest absolute Gasteiger partial charge is 0.393 e. The smallest absolute Gasteiger partial charge is 0.294 e. The second kappa shape index (κ2) is 4.25. The first-order valence-electron chi connectivity index (χ1n) is 5.35. The van der Waals surface area contributed by atoms with Gasteiger partial charge in [-0.3, -0.25) is 14.0 Å². The van der Waals surface area contributed by atoms with Gasteiger partial charge in [0.25, 0.3) is 15.7 Å². The van der Waals surface area contributed by atoms with Crippen LogP contribution in [0, 0.1) is 6.92 Å². The number of rotatable bonds is 2. The van der Waals surface area contributed by atoms with Gasteiger partial charge in [0, 0.05) is 7.05 Å². The zero-order valence-electron chi connectivity index (χ0n) is 10.4. The standard InChI is InChI=1S/C11H13N3O4S/c1-7-10(12)11(15)14(13(7)2)8-3-5-9(6-4-8)19(16,17)18/h3-6H,12H2,1-2H3,(H,16,17,18). The van der Waals surface area contributed by atoms with Crippen LogP contribution in [0.25, 0.3) is 5.69 Å². The minimum Gasteiger partial charge on any atom is -0.393 e. The summed E-state index contributed by atoms with van der Waals surface area (Å²) in [6, 6.07) is 5.28. The molecule has 1 aromatic carbocycles. The van der Waals surface area contributed by atoms with Crippen molar-refractivity contribution in [3.63, 3.8) is 0 Å². The Hall–Kier alpha value is -2.06. The summed E-state index contributed by atoms with van der Waals surface area (Å²) in [6.07, 6.45) is 0. The van der Waals surface area contributed by atoms with Gasteiger partial charge in [-0.1, -0.05) is 0 Å². The molecule has 0 saturated carbocycles. The highest BCUT2D eigenvalue weighted by Gasteiger charge is 2.14. The Labute approximate surface area is 109 Å². The Bertz CT molecular complexity index is 785. The van der Waals surface area contributed by atoms with Gasteiger partial charge in [-0.05, 0) is 31.2 Å².